The number of hydrogen-bond acceptors (Lipinski definition) is 3. The van der Waals surface area contributed by atoms with Crippen LogP contribution in [-0.4, -0.2) is 24.5 Å². The number of rotatable bonds is 4. The van der Waals surface area contributed by atoms with Gasteiger partial charge in [-0.05, 0) is 43.3 Å². The summed E-state index contributed by atoms with van der Waals surface area (Å²) in [5.41, 5.74) is 0.561. The molecule has 0 unspecified atom stereocenters. The molecule has 24 heavy (non-hydrogen) atoms. The minimum absolute atomic E-state index is 0.143. The molecule has 6 nitrogen and oxygen atoms in total. The van der Waals surface area contributed by atoms with E-state index in [0.29, 0.717) is 5.69 Å². The van der Waals surface area contributed by atoms with Crippen LogP contribution in [0.1, 0.15) is 15.9 Å². The van der Waals surface area contributed by atoms with Crippen molar-refractivity contribution < 1.29 is 22.7 Å². The normalized spacial score (nSPS) is 11.6. The summed E-state index contributed by atoms with van der Waals surface area (Å²) in [5.74, 6) is -2.30. The van der Waals surface area contributed by atoms with Gasteiger partial charge in [0.15, 0.2) is 0 Å². The van der Waals surface area contributed by atoms with E-state index in [1.807, 2.05) is 0 Å². The molecule has 124 valence electrons. The summed E-state index contributed by atoms with van der Waals surface area (Å²) in [6.45, 7) is 1.28. The fourth-order valence-electron chi connectivity index (χ4n) is 2.38. The highest BCUT2D eigenvalue weighted by atomic mass is 32.2. The number of carboxylic acid groups (broad SMARTS) is 1. The Balaban J connectivity index is 2.05. The van der Waals surface area contributed by atoms with E-state index in [9.17, 15) is 17.6 Å². The Hall–Kier alpha value is -2.87. The summed E-state index contributed by atoms with van der Waals surface area (Å²) in [6, 6.07) is 8.40. The smallest absolute Gasteiger partial charge is 0.335 e. The summed E-state index contributed by atoms with van der Waals surface area (Å²) < 4.78 is 41.3. The van der Waals surface area contributed by atoms with Crippen molar-refractivity contribution >= 4 is 32.6 Å². The highest BCUT2D eigenvalue weighted by Crippen LogP contribution is 2.25. The second-order valence-corrected chi connectivity index (χ2v) is 6.92. The monoisotopic (exact) mass is 348 g/mol. The SMILES string of the molecule is Cc1c(F)cc(C(=O)O)cc1S(=O)(=O)Nc1ccc2[nH]ccc2c1. The first-order valence-corrected chi connectivity index (χ1v) is 8.39. The van der Waals surface area contributed by atoms with Gasteiger partial charge in [-0.1, -0.05) is 0 Å². The van der Waals surface area contributed by atoms with Gasteiger partial charge >= 0.3 is 5.97 Å². The van der Waals surface area contributed by atoms with E-state index >= 15 is 0 Å². The molecule has 0 atom stereocenters. The van der Waals surface area contributed by atoms with Gasteiger partial charge in [-0.15, -0.1) is 0 Å². The van der Waals surface area contributed by atoms with Crippen molar-refractivity contribution in [3.8, 4) is 0 Å². The maximum Gasteiger partial charge on any atom is 0.335 e. The molecule has 0 fully saturated rings. The highest BCUT2D eigenvalue weighted by molar-refractivity contribution is 7.92. The highest BCUT2D eigenvalue weighted by Gasteiger charge is 2.22. The van der Waals surface area contributed by atoms with Crippen LogP contribution in [0.25, 0.3) is 10.9 Å². The molecule has 1 heterocycles. The third kappa shape index (κ3) is 2.83. The standard InChI is InChI=1S/C16H13FN2O4S/c1-9-13(17)7-11(16(20)21)8-15(9)24(22,23)19-12-2-3-14-10(6-12)4-5-18-14/h2-8,18-19H,1H3,(H,20,21). The Labute approximate surface area is 137 Å². The number of fused-ring (bicyclic) bond motifs is 1. The van der Waals surface area contributed by atoms with Crippen molar-refractivity contribution in [1.82, 2.24) is 4.98 Å². The number of aromatic carboxylic acids is 1. The van der Waals surface area contributed by atoms with Gasteiger partial charge in [0.1, 0.15) is 5.82 Å². The molecule has 0 saturated carbocycles. The van der Waals surface area contributed by atoms with Crippen LogP contribution >= 0.6 is 0 Å². The molecule has 3 N–H and O–H groups in total. The predicted molar refractivity (Wildman–Crippen MR) is 87.2 cm³/mol. The van der Waals surface area contributed by atoms with Crippen molar-refractivity contribution in [1.29, 1.82) is 0 Å². The van der Waals surface area contributed by atoms with Crippen LogP contribution in [0.2, 0.25) is 0 Å². The molecular weight excluding hydrogens is 335 g/mol. The number of benzene rings is 2. The molecule has 0 amide bonds. The number of hydrogen-bond donors (Lipinski definition) is 3. The van der Waals surface area contributed by atoms with Crippen molar-refractivity contribution in [2.24, 2.45) is 0 Å². The zero-order chi connectivity index (χ0) is 17.5. The largest absolute Gasteiger partial charge is 0.478 e. The zero-order valence-corrected chi connectivity index (χ0v) is 13.3. The van der Waals surface area contributed by atoms with Gasteiger partial charge in [-0.25, -0.2) is 17.6 Å². The van der Waals surface area contributed by atoms with Gasteiger partial charge in [0.25, 0.3) is 10.0 Å². The number of carbonyl (C=O) groups is 1. The number of anilines is 1. The lowest BCUT2D eigenvalue weighted by atomic mass is 10.1. The van der Waals surface area contributed by atoms with Gasteiger partial charge in [-0.3, -0.25) is 4.72 Å². The third-order valence-corrected chi connectivity index (χ3v) is 5.15. The molecule has 1 aromatic heterocycles. The number of aromatic amines is 1. The average molecular weight is 348 g/mol. The van der Waals surface area contributed by atoms with Crippen molar-refractivity contribution in [2.45, 2.75) is 11.8 Å². The summed E-state index contributed by atoms with van der Waals surface area (Å²) in [5, 5.41) is 9.79. The summed E-state index contributed by atoms with van der Waals surface area (Å²) in [6.07, 6.45) is 1.72. The topological polar surface area (TPSA) is 99.3 Å². The van der Waals surface area contributed by atoms with Crippen molar-refractivity contribution in [3.63, 3.8) is 0 Å². The lowest BCUT2D eigenvalue weighted by molar-refractivity contribution is 0.0696. The lowest BCUT2D eigenvalue weighted by Crippen LogP contribution is -2.16. The number of aromatic nitrogens is 1. The molecule has 3 rings (SSSR count). The summed E-state index contributed by atoms with van der Waals surface area (Å²) >= 11 is 0. The van der Waals surface area contributed by atoms with E-state index in [-0.39, 0.29) is 5.56 Å². The van der Waals surface area contributed by atoms with E-state index < -0.39 is 32.3 Å². The Bertz CT molecular complexity index is 1060. The van der Waals surface area contributed by atoms with Crippen LogP contribution in [0.15, 0.2) is 47.5 Å². The Morgan fingerprint density at radius 1 is 1.21 bits per heavy atom. The Morgan fingerprint density at radius 3 is 2.67 bits per heavy atom. The summed E-state index contributed by atoms with van der Waals surface area (Å²) in [7, 11) is -4.14. The second kappa shape index (κ2) is 5.64. The Kier molecular flexibility index (Phi) is 3.76. The molecule has 0 saturated heterocycles. The van der Waals surface area contributed by atoms with E-state index in [1.54, 1.807) is 30.5 Å². The number of halogens is 1. The maximum atomic E-state index is 13.9. The maximum absolute atomic E-state index is 13.9. The van der Waals surface area contributed by atoms with Gasteiger partial charge in [0.2, 0.25) is 0 Å². The van der Waals surface area contributed by atoms with Gasteiger partial charge < -0.3 is 10.1 Å². The molecule has 0 aliphatic carbocycles. The first-order chi connectivity index (χ1) is 11.3. The molecule has 0 radical (unpaired) electrons. The fraction of sp³-hybridized carbons (Fsp3) is 0.0625. The van der Waals surface area contributed by atoms with E-state index in [1.165, 1.54) is 6.92 Å². The van der Waals surface area contributed by atoms with Gasteiger partial charge in [0.05, 0.1) is 10.5 Å². The molecule has 3 aromatic rings. The van der Waals surface area contributed by atoms with Crippen molar-refractivity contribution in [3.05, 3.63) is 59.5 Å². The molecule has 2 aromatic carbocycles. The van der Waals surface area contributed by atoms with Crippen LogP contribution in [0.4, 0.5) is 10.1 Å². The minimum atomic E-state index is -4.14. The minimum Gasteiger partial charge on any atom is -0.478 e. The van der Waals surface area contributed by atoms with Gasteiger partial charge in [-0.2, -0.15) is 0 Å². The first kappa shape index (κ1) is 16.0. The molecule has 0 aliphatic rings. The molecule has 0 bridgehead atoms. The molecule has 8 heteroatoms. The zero-order valence-electron chi connectivity index (χ0n) is 12.5. The van der Waals surface area contributed by atoms with Gasteiger partial charge in [0, 0.05) is 28.4 Å². The molecule has 0 spiro atoms. The van der Waals surface area contributed by atoms with Crippen LogP contribution in [0.5, 0.6) is 0 Å². The first-order valence-electron chi connectivity index (χ1n) is 6.91. The van der Waals surface area contributed by atoms with Crippen LogP contribution in [0, 0.1) is 12.7 Å². The van der Waals surface area contributed by atoms with Crippen molar-refractivity contribution in [2.75, 3.05) is 4.72 Å². The van der Waals surface area contributed by atoms with E-state index in [0.717, 1.165) is 23.0 Å². The quantitative estimate of drug-likeness (QED) is 0.674. The van der Waals surface area contributed by atoms with Crippen LogP contribution < -0.4 is 4.72 Å². The molecular formula is C16H13FN2O4S. The molecule has 0 aliphatic heterocycles. The van der Waals surface area contributed by atoms with Crippen LogP contribution in [0.3, 0.4) is 0 Å². The lowest BCUT2D eigenvalue weighted by Gasteiger charge is -2.12. The number of H-pyrrole nitrogens is 1. The van der Waals surface area contributed by atoms with E-state index in [4.69, 9.17) is 5.11 Å². The number of carboxylic acids is 1. The summed E-state index contributed by atoms with van der Waals surface area (Å²) in [4.78, 5) is 13.6. The van der Waals surface area contributed by atoms with E-state index in [2.05, 4.69) is 9.71 Å². The predicted octanol–water partition coefficient (Wildman–Crippen LogP) is 3.11. The number of nitrogens with one attached hydrogen (secondary N) is 2. The number of sulfonamides is 1. The Morgan fingerprint density at radius 2 is 1.96 bits per heavy atom. The fourth-order valence-corrected chi connectivity index (χ4v) is 3.71. The second-order valence-electron chi connectivity index (χ2n) is 5.27. The third-order valence-electron chi connectivity index (χ3n) is 3.64. The average Bonchev–Trinajstić information content (AvgIpc) is 2.96. The van der Waals surface area contributed by atoms with Crippen LogP contribution in [-0.2, 0) is 10.0 Å².